The number of carbonyl (C=O) groups is 2. The first-order valence-electron chi connectivity index (χ1n) is 9.28. The lowest BCUT2D eigenvalue weighted by Crippen LogP contribution is -2.37. The highest BCUT2D eigenvalue weighted by Gasteiger charge is 2.34. The quantitative estimate of drug-likeness (QED) is 0.636. The van der Waals surface area contributed by atoms with E-state index in [0.717, 1.165) is 11.1 Å². The summed E-state index contributed by atoms with van der Waals surface area (Å²) in [7, 11) is -1.57. The van der Waals surface area contributed by atoms with Crippen molar-refractivity contribution in [1.82, 2.24) is 10.3 Å². The van der Waals surface area contributed by atoms with Crippen LogP contribution in [-0.4, -0.2) is 26.1 Å². The molecule has 0 aliphatic carbocycles. The van der Waals surface area contributed by atoms with Crippen molar-refractivity contribution in [2.75, 3.05) is 4.72 Å². The van der Waals surface area contributed by atoms with Gasteiger partial charge in [-0.15, -0.1) is 0 Å². The van der Waals surface area contributed by atoms with E-state index in [-0.39, 0.29) is 18.1 Å². The Labute approximate surface area is 181 Å². The number of aromatic nitrogens is 1. The van der Waals surface area contributed by atoms with Crippen molar-refractivity contribution in [2.45, 2.75) is 18.2 Å². The molecular weight excluding hydrogens is 422 g/mol. The third-order valence-corrected chi connectivity index (χ3v) is 6.37. The monoisotopic (exact) mass is 439 g/mol. The van der Waals surface area contributed by atoms with Gasteiger partial charge in [0, 0.05) is 35.1 Å². The molecule has 2 atom stereocenters. The second-order valence-corrected chi connectivity index (χ2v) is 8.69. The molecule has 152 valence electrons. The Balaban J connectivity index is 1.53. The van der Waals surface area contributed by atoms with E-state index in [2.05, 4.69) is 15.0 Å². The van der Waals surface area contributed by atoms with E-state index in [9.17, 15) is 13.8 Å². The van der Waals surface area contributed by atoms with Crippen LogP contribution in [0.3, 0.4) is 0 Å². The number of amides is 1. The average Bonchev–Trinajstić information content (AvgIpc) is 2.75. The fourth-order valence-electron chi connectivity index (χ4n) is 3.26. The largest absolute Gasteiger partial charge is 0.348 e. The third kappa shape index (κ3) is 4.42. The summed E-state index contributed by atoms with van der Waals surface area (Å²) in [6, 6.07) is 15.5. The number of fused-ring (bicyclic) bond motifs is 1. The molecule has 1 aliphatic heterocycles. The van der Waals surface area contributed by atoms with E-state index >= 15 is 0 Å². The Morgan fingerprint density at radius 3 is 2.67 bits per heavy atom. The van der Waals surface area contributed by atoms with Crippen LogP contribution in [0.2, 0.25) is 5.02 Å². The van der Waals surface area contributed by atoms with Gasteiger partial charge in [0.15, 0.2) is 5.78 Å². The lowest BCUT2D eigenvalue weighted by Gasteiger charge is -2.24. The fourth-order valence-corrected chi connectivity index (χ4v) is 4.68. The molecule has 0 fully saturated rings. The smallest absolute Gasteiger partial charge is 0.251 e. The number of hydrogen-bond donors (Lipinski definition) is 2. The zero-order chi connectivity index (χ0) is 21.1. The number of hydrogen-bond acceptors (Lipinski definition) is 4. The highest BCUT2D eigenvalue weighted by molar-refractivity contribution is 7.88. The maximum absolute atomic E-state index is 13.1. The number of ketones is 1. The highest BCUT2D eigenvalue weighted by Crippen LogP contribution is 2.28. The van der Waals surface area contributed by atoms with Crippen molar-refractivity contribution in [2.24, 2.45) is 0 Å². The zero-order valence-electron chi connectivity index (χ0n) is 15.8. The predicted molar refractivity (Wildman–Crippen MR) is 117 cm³/mol. The molecule has 1 aliphatic rings. The molecule has 1 amide bonds. The van der Waals surface area contributed by atoms with Crippen LogP contribution < -0.4 is 10.0 Å². The van der Waals surface area contributed by atoms with Crippen molar-refractivity contribution in [3.8, 4) is 0 Å². The minimum Gasteiger partial charge on any atom is -0.348 e. The summed E-state index contributed by atoms with van der Waals surface area (Å²) in [5.41, 5.74) is 2.94. The van der Waals surface area contributed by atoms with Gasteiger partial charge in [0.1, 0.15) is 16.2 Å². The molecule has 2 heterocycles. The van der Waals surface area contributed by atoms with Gasteiger partial charge in [-0.25, -0.2) is 4.21 Å². The predicted octanol–water partition coefficient (Wildman–Crippen LogP) is 3.55. The Morgan fingerprint density at radius 2 is 1.90 bits per heavy atom. The number of nitrogens with zero attached hydrogens (tertiary/aromatic N) is 1. The van der Waals surface area contributed by atoms with E-state index < -0.39 is 16.2 Å². The molecule has 2 aromatic carbocycles. The molecular formula is C22H18ClN3O3S. The van der Waals surface area contributed by atoms with Crippen LogP contribution >= 0.6 is 11.6 Å². The molecule has 4 rings (SSSR count). The average molecular weight is 440 g/mol. The fraction of sp³-hybridized carbons (Fsp3) is 0.136. The molecule has 2 unspecified atom stereocenters. The van der Waals surface area contributed by atoms with Crippen molar-refractivity contribution < 1.29 is 13.8 Å². The normalized spacial score (nSPS) is 17.7. The van der Waals surface area contributed by atoms with Crippen molar-refractivity contribution in [1.29, 1.82) is 0 Å². The first-order chi connectivity index (χ1) is 14.5. The number of benzene rings is 2. The van der Waals surface area contributed by atoms with E-state index in [4.69, 9.17) is 11.6 Å². The van der Waals surface area contributed by atoms with E-state index in [1.807, 2.05) is 18.2 Å². The van der Waals surface area contributed by atoms with Crippen LogP contribution in [0.1, 0.15) is 31.8 Å². The van der Waals surface area contributed by atoms with Gasteiger partial charge in [0.25, 0.3) is 5.91 Å². The summed E-state index contributed by atoms with van der Waals surface area (Å²) < 4.78 is 15.5. The number of rotatable bonds is 5. The van der Waals surface area contributed by atoms with Gasteiger partial charge in [-0.05, 0) is 60.0 Å². The molecule has 0 saturated heterocycles. The van der Waals surface area contributed by atoms with Crippen LogP contribution in [0.4, 0.5) is 5.69 Å². The highest BCUT2D eigenvalue weighted by atomic mass is 35.5. The number of carbonyl (C=O) groups excluding carboxylic acids is 2. The molecule has 0 saturated carbocycles. The number of nitrogens with one attached hydrogen (secondary N) is 2. The molecule has 0 radical (unpaired) electrons. The molecule has 0 spiro atoms. The summed E-state index contributed by atoms with van der Waals surface area (Å²) >= 11 is 6.02. The third-order valence-electron chi connectivity index (χ3n) is 4.82. The minimum absolute atomic E-state index is 0.258. The Kier molecular flexibility index (Phi) is 5.92. The van der Waals surface area contributed by atoms with Crippen LogP contribution in [0, 0.1) is 0 Å². The van der Waals surface area contributed by atoms with Gasteiger partial charge in [0.05, 0.1) is 5.69 Å². The Morgan fingerprint density at radius 1 is 1.10 bits per heavy atom. The summed E-state index contributed by atoms with van der Waals surface area (Å²) in [6.07, 6.45) is 3.60. The summed E-state index contributed by atoms with van der Waals surface area (Å²) in [4.78, 5) is 29.6. The van der Waals surface area contributed by atoms with E-state index in [1.165, 1.54) is 0 Å². The molecule has 3 aromatic rings. The maximum Gasteiger partial charge on any atom is 0.251 e. The van der Waals surface area contributed by atoms with Gasteiger partial charge in [-0.3, -0.25) is 14.6 Å². The lowest BCUT2D eigenvalue weighted by molar-refractivity contribution is 0.0951. The molecule has 6 nitrogen and oxygen atoms in total. The van der Waals surface area contributed by atoms with Crippen molar-refractivity contribution in [3.05, 3.63) is 94.3 Å². The molecule has 30 heavy (non-hydrogen) atoms. The standard InChI is InChI=1S/C22H18ClN3O3S/c23-17-3-1-2-15(10-17)11-20-21(27)18-12-16(4-5-19(18)26-30(20)29)22(28)25-13-14-6-8-24-9-7-14/h1-10,12,20,26H,11,13H2,(H,25,28). The molecule has 1 aromatic heterocycles. The number of Topliss-reactive ketones (excluding diaryl/α,β-unsaturated/α-hetero) is 1. The SMILES string of the molecule is O=C(NCc1ccncc1)c1ccc2c(c1)C(=O)C(Cc1cccc(Cl)c1)S(=O)N2. The maximum atomic E-state index is 13.1. The Bertz CT molecular complexity index is 1140. The molecule has 0 bridgehead atoms. The van der Waals surface area contributed by atoms with Gasteiger partial charge in [0.2, 0.25) is 0 Å². The second kappa shape index (κ2) is 8.77. The number of halogens is 1. The van der Waals surface area contributed by atoms with Gasteiger partial charge >= 0.3 is 0 Å². The van der Waals surface area contributed by atoms with Gasteiger partial charge < -0.3 is 10.0 Å². The van der Waals surface area contributed by atoms with Crippen molar-refractivity contribution in [3.63, 3.8) is 0 Å². The summed E-state index contributed by atoms with van der Waals surface area (Å²) in [6.45, 7) is 0.353. The van der Waals surface area contributed by atoms with Crippen LogP contribution in [0.25, 0.3) is 0 Å². The topological polar surface area (TPSA) is 88.2 Å². The van der Waals surface area contributed by atoms with Gasteiger partial charge in [-0.1, -0.05) is 23.7 Å². The summed E-state index contributed by atoms with van der Waals surface area (Å²) in [5, 5.41) is 2.63. The number of pyridine rings is 1. The van der Waals surface area contributed by atoms with Gasteiger partial charge in [-0.2, -0.15) is 0 Å². The second-order valence-electron chi connectivity index (χ2n) is 6.88. The van der Waals surface area contributed by atoms with Crippen LogP contribution in [0.15, 0.2) is 67.0 Å². The lowest BCUT2D eigenvalue weighted by atomic mass is 9.98. The molecule has 8 heteroatoms. The Hall–Kier alpha value is -3.03. The van der Waals surface area contributed by atoms with E-state index in [0.29, 0.717) is 28.4 Å². The zero-order valence-corrected chi connectivity index (χ0v) is 17.4. The van der Waals surface area contributed by atoms with Crippen molar-refractivity contribution >= 4 is 40.0 Å². The van der Waals surface area contributed by atoms with E-state index in [1.54, 1.807) is 48.8 Å². The first kappa shape index (κ1) is 20.3. The first-order valence-corrected chi connectivity index (χ1v) is 10.9. The molecule has 2 N–H and O–H groups in total. The van der Waals surface area contributed by atoms with Crippen LogP contribution in [0.5, 0.6) is 0 Å². The summed E-state index contributed by atoms with van der Waals surface area (Å²) in [5.74, 6) is -0.550. The minimum atomic E-state index is -1.57. The van der Waals surface area contributed by atoms with Crippen LogP contribution in [-0.2, 0) is 24.0 Å². The number of anilines is 1.